The van der Waals surface area contributed by atoms with Crippen molar-refractivity contribution >= 4 is 10.9 Å². The Morgan fingerprint density at radius 1 is 0.895 bits per heavy atom. The summed E-state index contributed by atoms with van der Waals surface area (Å²) in [6.45, 7) is 4.42. The van der Waals surface area contributed by atoms with Crippen molar-refractivity contribution in [1.82, 2.24) is 9.97 Å². The molecule has 3 rings (SSSR count). The molecule has 0 aliphatic heterocycles. The maximum absolute atomic E-state index is 4.24. The van der Waals surface area contributed by atoms with Crippen LogP contribution in [-0.4, -0.2) is 9.97 Å². The fraction of sp³-hybridized carbons (Fsp3) is 0.176. The minimum atomic E-state index is 0.569. The second-order valence-electron chi connectivity index (χ2n) is 5.07. The van der Waals surface area contributed by atoms with E-state index >= 15 is 0 Å². The molecule has 0 spiro atoms. The molecule has 1 aromatic heterocycles. The molecule has 0 atom stereocenters. The molecular weight excluding hydrogens is 232 g/mol. The van der Waals surface area contributed by atoms with Crippen LogP contribution in [-0.2, 0) is 0 Å². The van der Waals surface area contributed by atoms with Crippen LogP contribution in [0.4, 0.5) is 0 Å². The van der Waals surface area contributed by atoms with Gasteiger partial charge in [0.2, 0.25) is 0 Å². The summed E-state index contributed by atoms with van der Waals surface area (Å²) < 4.78 is 0. The van der Waals surface area contributed by atoms with E-state index in [0.29, 0.717) is 5.92 Å². The first kappa shape index (κ1) is 11.8. The summed E-state index contributed by atoms with van der Waals surface area (Å²) >= 11 is 0. The molecule has 3 aromatic rings. The number of aromatic nitrogens is 2. The van der Waals surface area contributed by atoms with Crippen LogP contribution >= 0.6 is 0 Å². The van der Waals surface area contributed by atoms with Gasteiger partial charge < -0.3 is 0 Å². The van der Waals surface area contributed by atoms with Gasteiger partial charge in [-0.25, -0.2) is 9.97 Å². The van der Waals surface area contributed by atoms with Crippen LogP contribution in [0.15, 0.2) is 55.0 Å². The quantitative estimate of drug-likeness (QED) is 0.671. The highest BCUT2D eigenvalue weighted by molar-refractivity contribution is 5.83. The van der Waals surface area contributed by atoms with E-state index in [2.05, 4.69) is 60.2 Å². The van der Waals surface area contributed by atoms with Crippen molar-refractivity contribution in [3.63, 3.8) is 0 Å². The van der Waals surface area contributed by atoms with Crippen LogP contribution in [0.3, 0.4) is 0 Å². The standard InChI is InChI=1S/C17H16N2/c1-12(2)13-3-5-14(6-4-13)15-7-8-17-16(9-15)10-18-11-19-17/h3-12H,1-2H3. The second kappa shape index (κ2) is 4.81. The van der Waals surface area contributed by atoms with Crippen molar-refractivity contribution in [3.05, 3.63) is 60.6 Å². The van der Waals surface area contributed by atoms with Gasteiger partial charge in [0.15, 0.2) is 0 Å². The smallest absolute Gasteiger partial charge is 0.116 e. The normalized spacial score (nSPS) is 11.1. The molecule has 0 N–H and O–H groups in total. The van der Waals surface area contributed by atoms with Gasteiger partial charge in [-0.1, -0.05) is 44.2 Å². The molecule has 0 unspecified atom stereocenters. The Morgan fingerprint density at radius 2 is 1.63 bits per heavy atom. The molecule has 0 aliphatic rings. The second-order valence-corrected chi connectivity index (χ2v) is 5.07. The summed E-state index contributed by atoms with van der Waals surface area (Å²) in [5.41, 5.74) is 4.79. The maximum atomic E-state index is 4.24. The lowest BCUT2D eigenvalue weighted by atomic mass is 9.98. The Hall–Kier alpha value is -2.22. The summed E-state index contributed by atoms with van der Waals surface area (Å²) in [5, 5.41) is 1.08. The van der Waals surface area contributed by atoms with Gasteiger partial charge in [0, 0.05) is 11.6 Å². The van der Waals surface area contributed by atoms with E-state index in [4.69, 9.17) is 0 Å². The molecule has 19 heavy (non-hydrogen) atoms. The van der Waals surface area contributed by atoms with Crippen molar-refractivity contribution in [1.29, 1.82) is 0 Å². The molecule has 2 heteroatoms. The van der Waals surface area contributed by atoms with Crippen LogP contribution in [0.5, 0.6) is 0 Å². The third-order valence-electron chi connectivity index (χ3n) is 3.42. The molecular formula is C17H16N2. The first-order valence-electron chi connectivity index (χ1n) is 6.54. The largest absolute Gasteiger partial charge is 0.244 e. The van der Waals surface area contributed by atoms with E-state index in [1.54, 1.807) is 6.33 Å². The van der Waals surface area contributed by atoms with Crippen LogP contribution < -0.4 is 0 Å². The van der Waals surface area contributed by atoms with E-state index < -0.39 is 0 Å². The van der Waals surface area contributed by atoms with Gasteiger partial charge in [0.1, 0.15) is 6.33 Å². The lowest BCUT2D eigenvalue weighted by Crippen LogP contribution is -1.87. The third kappa shape index (κ3) is 2.34. The van der Waals surface area contributed by atoms with Gasteiger partial charge in [-0.3, -0.25) is 0 Å². The molecule has 2 nitrogen and oxygen atoms in total. The van der Waals surface area contributed by atoms with E-state index in [1.165, 1.54) is 16.7 Å². The van der Waals surface area contributed by atoms with Gasteiger partial charge in [-0.05, 0) is 34.7 Å². The Bertz CT molecular complexity index is 700. The van der Waals surface area contributed by atoms with E-state index in [0.717, 1.165) is 10.9 Å². The highest BCUT2D eigenvalue weighted by Gasteiger charge is 2.02. The lowest BCUT2D eigenvalue weighted by Gasteiger charge is -2.07. The molecule has 0 aliphatic carbocycles. The summed E-state index contributed by atoms with van der Waals surface area (Å²) in [5.74, 6) is 0.569. The first-order chi connectivity index (χ1) is 9.24. The zero-order chi connectivity index (χ0) is 13.2. The average Bonchev–Trinajstić information content (AvgIpc) is 2.47. The van der Waals surface area contributed by atoms with Crippen molar-refractivity contribution in [3.8, 4) is 11.1 Å². The maximum Gasteiger partial charge on any atom is 0.116 e. The van der Waals surface area contributed by atoms with Gasteiger partial charge in [-0.15, -0.1) is 0 Å². The lowest BCUT2D eigenvalue weighted by molar-refractivity contribution is 0.867. The molecule has 0 bridgehead atoms. The van der Waals surface area contributed by atoms with Crippen LogP contribution in [0.1, 0.15) is 25.3 Å². The fourth-order valence-electron chi connectivity index (χ4n) is 2.22. The Balaban J connectivity index is 2.03. The number of hydrogen-bond donors (Lipinski definition) is 0. The van der Waals surface area contributed by atoms with Crippen LogP contribution in [0, 0.1) is 0 Å². The van der Waals surface area contributed by atoms with Crippen molar-refractivity contribution in [2.75, 3.05) is 0 Å². The molecule has 1 heterocycles. The van der Waals surface area contributed by atoms with E-state index in [9.17, 15) is 0 Å². The highest BCUT2D eigenvalue weighted by Crippen LogP contribution is 2.25. The minimum Gasteiger partial charge on any atom is -0.244 e. The molecule has 0 radical (unpaired) electrons. The number of benzene rings is 2. The summed E-state index contributed by atoms with van der Waals surface area (Å²) in [6, 6.07) is 15.1. The van der Waals surface area contributed by atoms with Crippen LogP contribution in [0.25, 0.3) is 22.0 Å². The SMILES string of the molecule is CC(C)c1ccc(-c2ccc3ncncc3c2)cc1. The molecule has 0 fully saturated rings. The van der Waals surface area contributed by atoms with Crippen LogP contribution in [0.2, 0.25) is 0 Å². The van der Waals surface area contributed by atoms with Gasteiger partial charge in [0.05, 0.1) is 5.52 Å². The summed E-state index contributed by atoms with van der Waals surface area (Å²) in [4.78, 5) is 8.32. The van der Waals surface area contributed by atoms with Crippen molar-refractivity contribution in [2.24, 2.45) is 0 Å². The number of fused-ring (bicyclic) bond motifs is 1. The monoisotopic (exact) mass is 248 g/mol. The van der Waals surface area contributed by atoms with Crippen molar-refractivity contribution < 1.29 is 0 Å². The predicted octanol–water partition coefficient (Wildman–Crippen LogP) is 4.42. The summed E-state index contributed by atoms with van der Waals surface area (Å²) in [6.07, 6.45) is 3.44. The zero-order valence-corrected chi connectivity index (χ0v) is 11.2. The van der Waals surface area contributed by atoms with Gasteiger partial charge in [-0.2, -0.15) is 0 Å². The predicted molar refractivity (Wildman–Crippen MR) is 79.1 cm³/mol. The summed E-state index contributed by atoms with van der Waals surface area (Å²) in [7, 11) is 0. The number of rotatable bonds is 2. The number of nitrogens with zero attached hydrogens (tertiary/aromatic N) is 2. The topological polar surface area (TPSA) is 25.8 Å². The molecule has 0 amide bonds. The molecule has 94 valence electrons. The number of hydrogen-bond acceptors (Lipinski definition) is 2. The Kier molecular flexibility index (Phi) is 3.00. The Morgan fingerprint density at radius 3 is 2.37 bits per heavy atom. The van der Waals surface area contributed by atoms with E-state index in [-0.39, 0.29) is 0 Å². The zero-order valence-electron chi connectivity index (χ0n) is 11.2. The Labute approximate surface area is 113 Å². The molecule has 2 aromatic carbocycles. The average molecular weight is 248 g/mol. The molecule has 0 saturated heterocycles. The van der Waals surface area contributed by atoms with Crippen molar-refractivity contribution in [2.45, 2.75) is 19.8 Å². The third-order valence-corrected chi connectivity index (χ3v) is 3.42. The fourth-order valence-corrected chi connectivity index (χ4v) is 2.22. The van der Waals surface area contributed by atoms with Gasteiger partial charge >= 0.3 is 0 Å². The minimum absolute atomic E-state index is 0.569. The highest BCUT2D eigenvalue weighted by atomic mass is 14.8. The van der Waals surface area contributed by atoms with E-state index in [1.807, 2.05) is 12.3 Å². The first-order valence-corrected chi connectivity index (χ1v) is 6.54. The molecule has 0 saturated carbocycles. The van der Waals surface area contributed by atoms with Gasteiger partial charge in [0.25, 0.3) is 0 Å².